The largest absolute Gasteiger partial charge is 0.461 e. The van der Waals surface area contributed by atoms with E-state index >= 15 is 0 Å². The molecule has 0 saturated carbocycles. The predicted octanol–water partition coefficient (Wildman–Crippen LogP) is 0.299. The van der Waals surface area contributed by atoms with Crippen molar-refractivity contribution in [3.63, 3.8) is 0 Å². The minimum Gasteiger partial charge on any atom is -0.461 e. The lowest BCUT2D eigenvalue weighted by Crippen LogP contribution is -2.12. The Balaban J connectivity index is 1.89. The van der Waals surface area contributed by atoms with Gasteiger partial charge >= 0.3 is 6.01 Å². The van der Waals surface area contributed by atoms with E-state index < -0.39 is 0 Å². The second-order valence-electron chi connectivity index (χ2n) is 4.36. The van der Waals surface area contributed by atoms with E-state index in [2.05, 4.69) is 24.8 Å². The number of anilines is 2. The van der Waals surface area contributed by atoms with Crippen molar-refractivity contribution < 1.29 is 4.74 Å². The van der Waals surface area contributed by atoms with Gasteiger partial charge in [0.2, 0.25) is 11.9 Å². The number of ether oxygens (including phenoxy) is 1. The summed E-state index contributed by atoms with van der Waals surface area (Å²) in [6, 6.07) is 0.439. The summed E-state index contributed by atoms with van der Waals surface area (Å²) in [6.45, 7) is 8.07. The van der Waals surface area contributed by atoms with Gasteiger partial charge in [0, 0.05) is 26.2 Å². The standard InChI is InChI=1S/C10H15N5O/c1-7(2)16-10-12-8(14-3-4-14)11-9(13-10)15-5-6-15/h7H,3-6H2,1-2H3. The molecule has 2 saturated heterocycles. The van der Waals surface area contributed by atoms with Gasteiger partial charge in [0.15, 0.2) is 0 Å². The van der Waals surface area contributed by atoms with Crippen molar-refractivity contribution in [1.82, 2.24) is 15.0 Å². The van der Waals surface area contributed by atoms with Crippen molar-refractivity contribution >= 4 is 11.9 Å². The molecule has 0 radical (unpaired) electrons. The van der Waals surface area contributed by atoms with Crippen LogP contribution in [0.25, 0.3) is 0 Å². The van der Waals surface area contributed by atoms with Crippen molar-refractivity contribution in [2.24, 2.45) is 0 Å². The molecule has 3 heterocycles. The zero-order valence-corrected chi connectivity index (χ0v) is 9.55. The van der Waals surface area contributed by atoms with E-state index in [0.717, 1.165) is 38.1 Å². The van der Waals surface area contributed by atoms with Gasteiger partial charge in [-0.1, -0.05) is 0 Å². The molecule has 0 aromatic carbocycles. The molecule has 6 heteroatoms. The van der Waals surface area contributed by atoms with E-state index in [1.807, 2.05) is 13.8 Å². The summed E-state index contributed by atoms with van der Waals surface area (Å²) in [6.07, 6.45) is 0.0894. The van der Waals surface area contributed by atoms with Gasteiger partial charge in [-0.05, 0) is 13.8 Å². The third-order valence-electron chi connectivity index (χ3n) is 2.39. The molecule has 0 amide bonds. The first kappa shape index (κ1) is 9.62. The van der Waals surface area contributed by atoms with Gasteiger partial charge in [-0.2, -0.15) is 15.0 Å². The van der Waals surface area contributed by atoms with Gasteiger partial charge < -0.3 is 14.5 Å². The second-order valence-corrected chi connectivity index (χ2v) is 4.36. The van der Waals surface area contributed by atoms with E-state index in [4.69, 9.17) is 4.74 Å². The molecule has 2 aliphatic rings. The van der Waals surface area contributed by atoms with Crippen molar-refractivity contribution in [3.05, 3.63) is 0 Å². The number of rotatable bonds is 4. The molecule has 3 rings (SSSR count). The minimum absolute atomic E-state index is 0.0894. The van der Waals surface area contributed by atoms with Gasteiger partial charge in [-0.3, -0.25) is 0 Å². The average molecular weight is 221 g/mol. The molecule has 86 valence electrons. The lowest BCUT2D eigenvalue weighted by atomic mass is 10.5. The quantitative estimate of drug-likeness (QED) is 0.682. The van der Waals surface area contributed by atoms with E-state index in [0.29, 0.717) is 6.01 Å². The van der Waals surface area contributed by atoms with Crippen LogP contribution in [0.1, 0.15) is 13.8 Å². The number of hydrogen-bond acceptors (Lipinski definition) is 6. The Hall–Kier alpha value is -1.59. The van der Waals surface area contributed by atoms with Crippen LogP contribution in [0.4, 0.5) is 11.9 Å². The summed E-state index contributed by atoms with van der Waals surface area (Å²) in [5, 5.41) is 0. The Morgan fingerprint density at radius 1 is 0.938 bits per heavy atom. The Labute approximate surface area is 94.3 Å². The fraction of sp³-hybridized carbons (Fsp3) is 0.700. The number of aromatic nitrogens is 3. The monoisotopic (exact) mass is 221 g/mol. The lowest BCUT2D eigenvalue weighted by Gasteiger charge is -2.10. The van der Waals surface area contributed by atoms with Crippen LogP contribution in [0, 0.1) is 0 Å². The van der Waals surface area contributed by atoms with Crippen LogP contribution in [0.15, 0.2) is 0 Å². The van der Waals surface area contributed by atoms with E-state index in [1.54, 1.807) is 0 Å². The molecule has 1 aromatic heterocycles. The second kappa shape index (κ2) is 3.47. The van der Waals surface area contributed by atoms with Gasteiger partial charge in [-0.25, -0.2) is 0 Å². The molecular weight excluding hydrogens is 206 g/mol. The highest BCUT2D eigenvalue weighted by molar-refractivity contribution is 5.46. The lowest BCUT2D eigenvalue weighted by molar-refractivity contribution is 0.222. The highest BCUT2D eigenvalue weighted by Crippen LogP contribution is 2.24. The van der Waals surface area contributed by atoms with Crippen LogP contribution in [0.3, 0.4) is 0 Å². The van der Waals surface area contributed by atoms with Crippen molar-refractivity contribution in [1.29, 1.82) is 0 Å². The normalized spacial score (nSPS) is 17.9. The van der Waals surface area contributed by atoms with Gasteiger partial charge in [0.05, 0.1) is 6.10 Å². The molecule has 6 nitrogen and oxygen atoms in total. The summed E-state index contributed by atoms with van der Waals surface area (Å²) >= 11 is 0. The molecule has 2 aliphatic heterocycles. The van der Waals surface area contributed by atoms with Crippen LogP contribution in [-0.4, -0.2) is 47.2 Å². The Kier molecular flexibility index (Phi) is 2.08. The SMILES string of the molecule is CC(C)Oc1nc(N2CC2)nc(N2CC2)n1. The maximum Gasteiger partial charge on any atom is 0.323 e. The van der Waals surface area contributed by atoms with Crippen LogP contribution < -0.4 is 14.5 Å². The topological polar surface area (TPSA) is 53.9 Å². The Morgan fingerprint density at radius 2 is 1.44 bits per heavy atom. The van der Waals surface area contributed by atoms with Crippen LogP contribution >= 0.6 is 0 Å². The number of nitrogens with zero attached hydrogens (tertiary/aromatic N) is 5. The summed E-state index contributed by atoms with van der Waals surface area (Å²) in [7, 11) is 0. The van der Waals surface area contributed by atoms with Gasteiger partial charge in [-0.15, -0.1) is 0 Å². The van der Waals surface area contributed by atoms with E-state index in [1.165, 1.54) is 0 Å². The van der Waals surface area contributed by atoms with Gasteiger partial charge in [0.25, 0.3) is 0 Å². The fourth-order valence-corrected chi connectivity index (χ4v) is 1.38. The Bertz CT molecular complexity index is 370. The summed E-state index contributed by atoms with van der Waals surface area (Å²) < 4.78 is 5.54. The van der Waals surface area contributed by atoms with Crippen LogP contribution in [-0.2, 0) is 0 Å². The third kappa shape index (κ3) is 2.00. The molecule has 0 spiro atoms. The zero-order valence-electron chi connectivity index (χ0n) is 9.55. The summed E-state index contributed by atoms with van der Waals surface area (Å²) in [5.74, 6) is 1.49. The molecule has 0 atom stereocenters. The van der Waals surface area contributed by atoms with Crippen LogP contribution in [0.2, 0.25) is 0 Å². The fourth-order valence-electron chi connectivity index (χ4n) is 1.38. The smallest absolute Gasteiger partial charge is 0.323 e. The molecule has 0 unspecified atom stereocenters. The molecule has 2 fully saturated rings. The molecule has 1 aromatic rings. The minimum atomic E-state index is 0.0894. The first-order valence-electron chi connectivity index (χ1n) is 5.65. The van der Waals surface area contributed by atoms with Crippen molar-refractivity contribution in [3.8, 4) is 6.01 Å². The van der Waals surface area contributed by atoms with Crippen molar-refractivity contribution in [2.75, 3.05) is 36.0 Å². The molecular formula is C10H15N5O. The van der Waals surface area contributed by atoms with E-state index in [-0.39, 0.29) is 6.10 Å². The molecule has 0 bridgehead atoms. The maximum atomic E-state index is 5.54. The summed E-state index contributed by atoms with van der Waals surface area (Å²) in [5.41, 5.74) is 0. The average Bonchev–Trinajstić information content (AvgIpc) is 3.09. The third-order valence-corrected chi connectivity index (χ3v) is 2.39. The highest BCUT2D eigenvalue weighted by atomic mass is 16.5. The zero-order chi connectivity index (χ0) is 11.1. The highest BCUT2D eigenvalue weighted by Gasteiger charge is 2.27. The van der Waals surface area contributed by atoms with Gasteiger partial charge in [0.1, 0.15) is 0 Å². The summed E-state index contributed by atoms with van der Waals surface area (Å²) in [4.78, 5) is 17.2. The maximum absolute atomic E-state index is 5.54. The molecule has 16 heavy (non-hydrogen) atoms. The Morgan fingerprint density at radius 3 is 1.81 bits per heavy atom. The predicted molar refractivity (Wildman–Crippen MR) is 60.0 cm³/mol. The first-order valence-corrected chi connectivity index (χ1v) is 5.65. The number of hydrogen-bond donors (Lipinski definition) is 0. The van der Waals surface area contributed by atoms with Crippen molar-refractivity contribution in [2.45, 2.75) is 20.0 Å². The first-order chi connectivity index (χ1) is 7.72. The molecule has 0 N–H and O–H groups in total. The molecule has 0 aliphatic carbocycles. The van der Waals surface area contributed by atoms with Crippen LogP contribution in [0.5, 0.6) is 6.01 Å². The van der Waals surface area contributed by atoms with E-state index in [9.17, 15) is 0 Å².